The normalized spacial score (nSPS) is 18.9. The van der Waals surface area contributed by atoms with E-state index in [9.17, 15) is 0 Å². The summed E-state index contributed by atoms with van der Waals surface area (Å²) in [6, 6.07) is 8.00. The van der Waals surface area contributed by atoms with Gasteiger partial charge < -0.3 is 9.47 Å². The molecule has 112 valence electrons. The molecule has 3 rings (SSSR count). The first-order valence-electron chi connectivity index (χ1n) is 7.23. The maximum absolute atomic E-state index is 5.47. The number of nitrogens with zero attached hydrogens (tertiary/aromatic N) is 2. The zero-order chi connectivity index (χ0) is 14.7. The van der Waals surface area contributed by atoms with Gasteiger partial charge in [-0.05, 0) is 31.2 Å². The Balaban J connectivity index is 1.73. The molecule has 1 saturated heterocycles. The Kier molecular flexibility index (Phi) is 4.10. The molecular weight excluding hydrogens is 266 g/mol. The topological polar surface area (TPSA) is 50.4 Å². The van der Waals surface area contributed by atoms with Gasteiger partial charge in [0.25, 0.3) is 0 Å². The number of aromatic amines is 1. The van der Waals surface area contributed by atoms with Gasteiger partial charge in [-0.1, -0.05) is 6.07 Å². The standard InChI is InChI=1S/C16H21N3O2/c1-20-15-4-3-5-16(21-2)13(15)11-19-9-7-12(10-19)14-6-8-17-18-14/h3-6,8,12H,7,9-11H2,1-2H3,(H,17,18)/t12-/m1/s1. The first-order valence-corrected chi connectivity index (χ1v) is 7.23. The van der Waals surface area contributed by atoms with Gasteiger partial charge in [0.1, 0.15) is 11.5 Å². The minimum absolute atomic E-state index is 0.535. The molecule has 0 amide bonds. The van der Waals surface area contributed by atoms with Crippen LogP contribution in [0.4, 0.5) is 0 Å². The molecule has 1 fully saturated rings. The van der Waals surface area contributed by atoms with Gasteiger partial charge in [0.2, 0.25) is 0 Å². The molecule has 2 heterocycles. The van der Waals surface area contributed by atoms with Crippen molar-refractivity contribution in [2.45, 2.75) is 18.9 Å². The number of aromatic nitrogens is 2. The lowest BCUT2D eigenvalue weighted by Crippen LogP contribution is -2.20. The fraction of sp³-hybridized carbons (Fsp3) is 0.438. The van der Waals surface area contributed by atoms with Crippen LogP contribution in [0.3, 0.4) is 0 Å². The summed E-state index contributed by atoms with van der Waals surface area (Å²) in [5, 5.41) is 7.13. The zero-order valence-electron chi connectivity index (χ0n) is 12.5. The number of benzene rings is 1. The Labute approximate surface area is 124 Å². The quantitative estimate of drug-likeness (QED) is 0.917. The number of hydrogen-bond acceptors (Lipinski definition) is 4. The number of nitrogens with one attached hydrogen (secondary N) is 1. The maximum Gasteiger partial charge on any atom is 0.127 e. The van der Waals surface area contributed by atoms with E-state index in [4.69, 9.17) is 9.47 Å². The van der Waals surface area contributed by atoms with Gasteiger partial charge in [-0.3, -0.25) is 10.00 Å². The van der Waals surface area contributed by atoms with E-state index in [1.807, 2.05) is 24.4 Å². The third-order valence-corrected chi connectivity index (χ3v) is 4.15. The van der Waals surface area contributed by atoms with Crippen LogP contribution in [0.25, 0.3) is 0 Å². The number of rotatable bonds is 5. The largest absolute Gasteiger partial charge is 0.496 e. The predicted octanol–water partition coefficient (Wildman–Crippen LogP) is 2.42. The minimum atomic E-state index is 0.535. The van der Waals surface area contributed by atoms with Crippen LogP contribution in [-0.4, -0.2) is 42.4 Å². The average molecular weight is 287 g/mol. The van der Waals surface area contributed by atoms with Crippen LogP contribution in [0.15, 0.2) is 30.5 Å². The Hall–Kier alpha value is -2.01. The van der Waals surface area contributed by atoms with E-state index in [-0.39, 0.29) is 0 Å². The molecular formula is C16H21N3O2. The summed E-state index contributed by atoms with van der Waals surface area (Å²) in [5.41, 5.74) is 2.34. The summed E-state index contributed by atoms with van der Waals surface area (Å²) in [6.45, 7) is 2.95. The molecule has 1 aromatic heterocycles. The first-order chi connectivity index (χ1) is 10.3. The minimum Gasteiger partial charge on any atom is -0.496 e. The highest BCUT2D eigenvalue weighted by Gasteiger charge is 2.26. The van der Waals surface area contributed by atoms with Gasteiger partial charge >= 0.3 is 0 Å². The fourth-order valence-corrected chi connectivity index (χ4v) is 3.03. The molecule has 0 bridgehead atoms. The van der Waals surface area contributed by atoms with Gasteiger partial charge in [0.05, 0.1) is 19.8 Å². The Morgan fingerprint density at radius 2 is 2.00 bits per heavy atom. The maximum atomic E-state index is 5.47. The number of likely N-dealkylation sites (tertiary alicyclic amines) is 1. The van der Waals surface area contributed by atoms with E-state index >= 15 is 0 Å². The smallest absolute Gasteiger partial charge is 0.127 e. The molecule has 0 unspecified atom stereocenters. The van der Waals surface area contributed by atoms with E-state index in [1.54, 1.807) is 14.2 Å². The molecule has 0 radical (unpaired) electrons. The molecule has 21 heavy (non-hydrogen) atoms. The number of ether oxygens (including phenoxy) is 2. The Bertz CT molecular complexity index is 561. The van der Waals surface area contributed by atoms with Crippen molar-refractivity contribution in [1.82, 2.24) is 15.1 Å². The van der Waals surface area contributed by atoms with Gasteiger partial charge in [-0.15, -0.1) is 0 Å². The predicted molar refractivity (Wildman–Crippen MR) is 80.8 cm³/mol. The average Bonchev–Trinajstić information content (AvgIpc) is 3.18. The number of hydrogen-bond donors (Lipinski definition) is 1. The molecule has 0 spiro atoms. The third-order valence-electron chi connectivity index (χ3n) is 4.15. The molecule has 2 aromatic rings. The second kappa shape index (κ2) is 6.18. The van der Waals surface area contributed by atoms with Crippen LogP contribution in [0.5, 0.6) is 11.5 Å². The van der Waals surface area contributed by atoms with Crippen LogP contribution >= 0.6 is 0 Å². The van der Waals surface area contributed by atoms with Crippen LogP contribution in [0.2, 0.25) is 0 Å². The van der Waals surface area contributed by atoms with E-state index in [2.05, 4.69) is 21.2 Å². The lowest BCUT2D eigenvalue weighted by Gasteiger charge is -2.19. The van der Waals surface area contributed by atoms with Gasteiger partial charge in [0, 0.05) is 30.9 Å². The van der Waals surface area contributed by atoms with Crippen molar-refractivity contribution in [2.24, 2.45) is 0 Å². The van der Waals surface area contributed by atoms with Crippen molar-refractivity contribution in [2.75, 3.05) is 27.3 Å². The van der Waals surface area contributed by atoms with Crippen LogP contribution < -0.4 is 9.47 Å². The lowest BCUT2D eigenvalue weighted by molar-refractivity contribution is 0.305. The SMILES string of the molecule is COc1cccc(OC)c1CN1CC[C@@H](c2ccn[nH]2)C1. The van der Waals surface area contributed by atoms with Crippen molar-refractivity contribution < 1.29 is 9.47 Å². The highest BCUT2D eigenvalue weighted by Crippen LogP contribution is 2.33. The van der Waals surface area contributed by atoms with Crippen molar-refractivity contribution >= 4 is 0 Å². The number of methoxy groups -OCH3 is 2. The van der Waals surface area contributed by atoms with Crippen molar-refractivity contribution in [3.8, 4) is 11.5 Å². The fourth-order valence-electron chi connectivity index (χ4n) is 3.03. The molecule has 1 aromatic carbocycles. The van der Waals surface area contributed by atoms with Crippen LogP contribution in [0.1, 0.15) is 23.6 Å². The Morgan fingerprint density at radius 3 is 2.62 bits per heavy atom. The van der Waals surface area contributed by atoms with E-state index in [0.717, 1.165) is 43.1 Å². The molecule has 5 nitrogen and oxygen atoms in total. The van der Waals surface area contributed by atoms with Gasteiger partial charge in [-0.25, -0.2) is 0 Å². The third kappa shape index (κ3) is 2.88. The van der Waals surface area contributed by atoms with Gasteiger partial charge in [-0.2, -0.15) is 5.10 Å². The summed E-state index contributed by atoms with van der Waals surface area (Å²) in [4.78, 5) is 2.44. The summed E-state index contributed by atoms with van der Waals surface area (Å²) in [6.07, 6.45) is 2.97. The van der Waals surface area contributed by atoms with Crippen LogP contribution in [0, 0.1) is 0 Å². The molecule has 0 aliphatic carbocycles. The van der Waals surface area contributed by atoms with Crippen LogP contribution in [-0.2, 0) is 6.54 Å². The van der Waals surface area contributed by atoms with E-state index < -0.39 is 0 Å². The number of H-pyrrole nitrogens is 1. The molecule has 1 N–H and O–H groups in total. The highest BCUT2D eigenvalue weighted by molar-refractivity contribution is 5.44. The summed E-state index contributed by atoms with van der Waals surface area (Å²) in [7, 11) is 3.41. The first kappa shape index (κ1) is 13.9. The summed E-state index contributed by atoms with van der Waals surface area (Å²) >= 11 is 0. The second-order valence-electron chi connectivity index (χ2n) is 5.37. The van der Waals surface area contributed by atoms with Crippen molar-refractivity contribution in [3.63, 3.8) is 0 Å². The van der Waals surface area contributed by atoms with Crippen molar-refractivity contribution in [3.05, 3.63) is 41.7 Å². The van der Waals surface area contributed by atoms with Crippen molar-refractivity contribution in [1.29, 1.82) is 0 Å². The molecule has 1 aliphatic rings. The zero-order valence-corrected chi connectivity index (χ0v) is 12.5. The van der Waals surface area contributed by atoms with E-state index in [0.29, 0.717) is 5.92 Å². The Morgan fingerprint density at radius 1 is 1.24 bits per heavy atom. The second-order valence-corrected chi connectivity index (χ2v) is 5.37. The molecule has 0 saturated carbocycles. The summed E-state index contributed by atoms with van der Waals surface area (Å²) < 4.78 is 10.9. The van der Waals surface area contributed by atoms with Gasteiger partial charge in [0.15, 0.2) is 0 Å². The molecule has 1 atom stereocenters. The molecule has 5 heteroatoms. The van der Waals surface area contributed by atoms with E-state index in [1.165, 1.54) is 5.69 Å². The highest BCUT2D eigenvalue weighted by atomic mass is 16.5. The lowest BCUT2D eigenvalue weighted by atomic mass is 10.1. The molecule has 1 aliphatic heterocycles. The monoisotopic (exact) mass is 287 g/mol. The summed E-state index contributed by atoms with van der Waals surface area (Å²) in [5.74, 6) is 2.31.